The van der Waals surface area contributed by atoms with Crippen LogP contribution in [-0.4, -0.2) is 41.4 Å². The average molecular weight is 345 g/mol. The number of carbonyl (C=O) groups excluding carboxylic acids is 1. The van der Waals surface area contributed by atoms with E-state index in [2.05, 4.69) is 12.2 Å². The minimum Gasteiger partial charge on any atom is -0.394 e. The van der Waals surface area contributed by atoms with Crippen LogP contribution in [0, 0.1) is 0 Å². The monoisotopic (exact) mass is 344 g/mol. The van der Waals surface area contributed by atoms with E-state index in [1.807, 2.05) is 0 Å². The van der Waals surface area contributed by atoms with Crippen LogP contribution in [0.1, 0.15) is 90.4 Å². The van der Waals surface area contributed by atoms with Crippen LogP contribution in [0.3, 0.4) is 0 Å². The normalized spacial score (nSPS) is 13.7. The van der Waals surface area contributed by atoms with Crippen molar-refractivity contribution in [3.63, 3.8) is 0 Å². The Hall–Kier alpha value is -0.650. The topological polar surface area (TPSA) is 95.6 Å². The predicted octanol–water partition coefficient (Wildman–Crippen LogP) is 2.87. The Morgan fingerprint density at radius 2 is 1.54 bits per heavy atom. The third-order valence-electron chi connectivity index (χ3n) is 4.40. The molecule has 1 amide bonds. The SMILES string of the molecule is CCCCCCCCCCCC(O)CC(=O)N[C@@H](CO)CCCN. The zero-order valence-electron chi connectivity index (χ0n) is 15.6. The number of unbranched alkanes of at least 4 members (excludes halogenated alkanes) is 8. The Balaban J connectivity index is 3.56. The number of hydrogen-bond acceptors (Lipinski definition) is 4. The number of amides is 1. The van der Waals surface area contributed by atoms with Gasteiger partial charge < -0.3 is 21.3 Å². The molecule has 0 aromatic carbocycles. The van der Waals surface area contributed by atoms with Crippen molar-refractivity contribution in [2.45, 2.75) is 103 Å². The van der Waals surface area contributed by atoms with Gasteiger partial charge in [-0.25, -0.2) is 0 Å². The van der Waals surface area contributed by atoms with Gasteiger partial charge in [0.1, 0.15) is 0 Å². The van der Waals surface area contributed by atoms with E-state index in [1.54, 1.807) is 0 Å². The van der Waals surface area contributed by atoms with Crippen LogP contribution < -0.4 is 11.1 Å². The second-order valence-corrected chi connectivity index (χ2v) is 6.85. The van der Waals surface area contributed by atoms with E-state index < -0.39 is 6.10 Å². The third-order valence-corrected chi connectivity index (χ3v) is 4.40. The highest BCUT2D eigenvalue weighted by Gasteiger charge is 2.14. The summed E-state index contributed by atoms with van der Waals surface area (Å²) < 4.78 is 0. The third kappa shape index (κ3) is 14.9. The highest BCUT2D eigenvalue weighted by Crippen LogP contribution is 2.12. The molecule has 0 aliphatic heterocycles. The summed E-state index contributed by atoms with van der Waals surface area (Å²) in [5, 5.41) is 21.9. The first-order valence-electron chi connectivity index (χ1n) is 9.92. The van der Waals surface area contributed by atoms with Gasteiger partial charge in [-0.15, -0.1) is 0 Å². The minimum atomic E-state index is -0.580. The van der Waals surface area contributed by atoms with Crippen molar-refractivity contribution in [1.82, 2.24) is 5.32 Å². The maximum atomic E-state index is 11.8. The van der Waals surface area contributed by atoms with Crippen LogP contribution >= 0.6 is 0 Å². The molecule has 0 saturated heterocycles. The van der Waals surface area contributed by atoms with Crippen LogP contribution in [0.2, 0.25) is 0 Å². The standard InChI is InChI=1S/C19H40N2O3/c1-2-3-4-5-6-7-8-9-10-13-18(23)15-19(24)21-17(16-22)12-11-14-20/h17-18,22-23H,2-16,20H2,1H3,(H,21,24)/t17-,18?/m1/s1. The highest BCUT2D eigenvalue weighted by atomic mass is 16.3. The number of nitrogens with two attached hydrogens (primary N) is 1. The van der Waals surface area contributed by atoms with Gasteiger partial charge in [0.15, 0.2) is 0 Å². The summed E-state index contributed by atoms with van der Waals surface area (Å²) in [4.78, 5) is 11.8. The van der Waals surface area contributed by atoms with Crippen molar-refractivity contribution < 1.29 is 15.0 Å². The summed E-state index contributed by atoms with van der Waals surface area (Å²) in [7, 11) is 0. The zero-order valence-corrected chi connectivity index (χ0v) is 15.6. The predicted molar refractivity (Wildman–Crippen MR) is 99.8 cm³/mol. The van der Waals surface area contributed by atoms with Crippen molar-refractivity contribution in [2.75, 3.05) is 13.2 Å². The molecule has 144 valence electrons. The maximum Gasteiger partial charge on any atom is 0.222 e. The Bertz CT molecular complexity index is 288. The first-order valence-corrected chi connectivity index (χ1v) is 9.92. The van der Waals surface area contributed by atoms with Crippen LogP contribution in [0.25, 0.3) is 0 Å². The summed E-state index contributed by atoms with van der Waals surface area (Å²) in [5.41, 5.74) is 5.43. The molecule has 0 aliphatic carbocycles. The number of hydrogen-bond donors (Lipinski definition) is 4. The molecule has 0 heterocycles. The van der Waals surface area contributed by atoms with Crippen molar-refractivity contribution in [3.05, 3.63) is 0 Å². The molecule has 5 nitrogen and oxygen atoms in total. The van der Waals surface area contributed by atoms with E-state index in [1.165, 1.54) is 44.9 Å². The smallest absolute Gasteiger partial charge is 0.222 e. The Labute approximate surface area is 148 Å². The molecule has 0 aromatic rings. The molecular weight excluding hydrogens is 304 g/mol. The van der Waals surface area contributed by atoms with Gasteiger partial charge in [0.2, 0.25) is 5.91 Å². The lowest BCUT2D eigenvalue weighted by Crippen LogP contribution is -2.39. The molecule has 24 heavy (non-hydrogen) atoms. The van der Waals surface area contributed by atoms with Gasteiger partial charge in [0.25, 0.3) is 0 Å². The van der Waals surface area contributed by atoms with Gasteiger partial charge in [-0.2, -0.15) is 0 Å². The summed E-state index contributed by atoms with van der Waals surface area (Å²) in [5.74, 6) is -0.186. The summed E-state index contributed by atoms with van der Waals surface area (Å²) >= 11 is 0. The molecular formula is C19H40N2O3. The van der Waals surface area contributed by atoms with E-state index in [9.17, 15) is 15.0 Å². The van der Waals surface area contributed by atoms with E-state index in [0.29, 0.717) is 19.4 Å². The highest BCUT2D eigenvalue weighted by molar-refractivity contribution is 5.76. The number of nitrogens with one attached hydrogen (secondary N) is 1. The minimum absolute atomic E-state index is 0.0832. The van der Waals surface area contributed by atoms with E-state index in [-0.39, 0.29) is 25.0 Å². The Morgan fingerprint density at radius 1 is 0.958 bits per heavy atom. The lowest BCUT2D eigenvalue weighted by atomic mass is 10.0. The van der Waals surface area contributed by atoms with Crippen molar-refractivity contribution in [1.29, 1.82) is 0 Å². The quantitative estimate of drug-likeness (QED) is 0.305. The van der Waals surface area contributed by atoms with Crippen molar-refractivity contribution in [2.24, 2.45) is 5.73 Å². The van der Waals surface area contributed by atoms with E-state index in [4.69, 9.17) is 5.73 Å². The molecule has 1 unspecified atom stereocenters. The maximum absolute atomic E-state index is 11.8. The van der Waals surface area contributed by atoms with Crippen molar-refractivity contribution >= 4 is 5.91 Å². The van der Waals surface area contributed by atoms with Gasteiger partial charge in [-0.05, 0) is 25.8 Å². The largest absolute Gasteiger partial charge is 0.394 e. The molecule has 5 heteroatoms. The van der Waals surface area contributed by atoms with Crippen LogP contribution in [0.15, 0.2) is 0 Å². The van der Waals surface area contributed by atoms with E-state index >= 15 is 0 Å². The fourth-order valence-corrected chi connectivity index (χ4v) is 2.87. The first kappa shape index (κ1) is 23.4. The Morgan fingerprint density at radius 3 is 2.08 bits per heavy atom. The molecule has 0 rings (SSSR count). The summed E-state index contributed by atoms with van der Waals surface area (Å²) in [6, 6.07) is -0.249. The number of rotatable bonds is 17. The van der Waals surface area contributed by atoms with Gasteiger partial charge in [0, 0.05) is 0 Å². The molecule has 0 aliphatic rings. The molecule has 0 spiro atoms. The second kappa shape index (κ2) is 17.2. The summed E-state index contributed by atoms with van der Waals surface area (Å²) in [6.45, 7) is 2.70. The van der Waals surface area contributed by atoms with Gasteiger partial charge in [-0.1, -0.05) is 64.7 Å². The molecule has 0 aromatic heterocycles. The number of aliphatic hydroxyl groups excluding tert-OH is 2. The first-order chi connectivity index (χ1) is 11.6. The van der Waals surface area contributed by atoms with Crippen LogP contribution in [0.4, 0.5) is 0 Å². The zero-order chi connectivity index (χ0) is 18.0. The van der Waals surface area contributed by atoms with Gasteiger partial charge in [-0.3, -0.25) is 4.79 Å². The molecule has 5 N–H and O–H groups in total. The molecule has 0 saturated carbocycles. The summed E-state index contributed by atoms with van der Waals surface area (Å²) in [6.07, 6.45) is 12.9. The van der Waals surface area contributed by atoms with Gasteiger partial charge >= 0.3 is 0 Å². The lowest BCUT2D eigenvalue weighted by Gasteiger charge is -2.17. The molecule has 0 radical (unpaired) electrons. The van der Waals surface area contributed by atoms with Crippen molar-refractivity contribution in [3.8, 4) is 0 Å². The fraction of sp³-hybridized carbons (Fsp3) is 0.947. The average Bonchev–Trinajstić information content (AvgIpc) is 2.57. The molecule has 2 atom stereocenters. The second-order valence-electron chi connectivity index (χ2n) is 6.85. The lowest BCUT2D eigenvalue weighted by molar-refractivity contribution is -0.124. The molecule has 0 bridgehead atoms. The van der Waals surface area contributed by atoms with Crippen LogP contribution in [-0.2, 0) is 4.79 Å². The Kier molecular flexibility index (Phi) is 16.7. The fourth-order valence-electron chi connectivity index (χ4n) is 2.87. The number of carbonyl (C=O) groups is 1. The van der Waals surface area contributed by atoms with Crippen LogP contribution in [0.5, 0.6) is 0 Å². The van der Waals surface area contributed by atoms with Gasteiger partial charge in [0.05, 0.1) is 25.2 Å². The molecule has 0 fully saturated rings. The number of aliphatic hydroxyl groups is 2. The van der Waals surface area contributed by atoms with E-state index in [0.717, 1.165) is 19.3 Å².